The molecule has 1 amide bonds. The number of aryl methyl sites for hydroxylation is 2. The highest BCUT2D eigenvalue weighted by Crippen LogP contribution is 2.24. The van der Waals surface area contributed by atoms with Crippen molar-refractivity contribution in [3.05, 3.63) is 46.6 Å². The van der Waals surface area contributed by atoms with Gasteiger partial charge in [0, 0.05) is 17.8 Å². The van der Waals surface area contributed by atoms with Crippen LogP contribution in [0.2, 0.25) is 0 Å². The van der Waals surface area contributed by atoms with Gasteiger partial charge in [0.2, 0.25) is 0 Å². The normalized spacial score (nSPS) is 10.8. The molecule has 0 saturated carbocycles. The van der Waals surface area contributed by atoms with Crippen molar-refractivity contribution < 1.29 is 14.3 Å². The van der Waals surface area contributed by atoms with Crippen molar-refractivity contribution in [3.63, 3.8) is 0 Å². The molecule has 2 rings (SSSR count). The number of nitrogens with one attached hydrogen (secondary N) is 1. The number of benzene rings is 1. The summed E-state index contributed by atoms with van der Waals surface area (Å²) in [6.07, 6.45) is 1.46. The number of esters is 1. The maximum absolute atomic E-state index is 13.1. The first-order chi connectivity index (χ1) is 11.4. The average Bonchev–Trinajstić information content (AvgIpc) is 2.96. The van der Waals surface area contributed by atoms with Crippen molar-refractivity contribution in [1.82, 2.24) is 10.2 Å². The van der Waals surface area contributed by atoms with Crippen molar-refractivity contribution in [1.29, 1.82) is 0 Å². The largest absolute Gasteiger partial charge is 0.462 e. The van der Waals surface area contributed by atoms with Gasteiger partial charge in [0.25, 0.3) is 5.91 Å². The number of amides is 1. The van der Waals surface area contributed by atoms with Gasteiger partial charge in [0.1, 0.15) is 5.56 Å². The lowest BCUT2D eigenvalue weighted by atomic mass is 10.0. The number of ether oxygens (including phenoxy) is 1. The number of carbonyl (C=O) groups is 2. The molecule has 0 aliphatic carbocycles. The van der Waals surface area contributed by atoms with Gasteiger partial charge >= 0.3 is 5.97 Å². The van der Waals surface area contributed by atoms with Gasteiger partial charge in [0.05, 0.1) is 6.61 Å². The van der Waals surface area contributed by atoms with Gasteiger partial charge in [-0.3, -0.25) is 14.8 Å². The van der Waals surface area contributed by atoms with Crippen LogP contribution in [0.25, 0.3) is 0 Å². The van der Waals surface area contributed by atoms with Crippen LogP contribution < -0.4 is 4.90 Å². The molecule has 24 heavy (non-hydrogen) atoms. The SMILES string of the molecule is CCOC(=O)c1c[nH]nc1N(C(=O)c1ccc(C)cc1C)C(C)C. The summed E-state index contributed by atoms with van der Waals surface area (Å²) in [7, 11) is 0. The van der Waals surface area contributed by atoms with Crippen LogP contribution >= 0.6 is 0 Å². The summed E-state index contributed by atoms with van der Waals surface area (Å²) in [6, 6.07) is 5.49. The molecule has 1 aromatic carbocycles. The first-order valence-electron chi connectivity index (χ1n) is 7.98. The van der Waals surface area contributed by atoms with Crippen LogP contribution in [0.15, 0.2) is 24.4 Å². The van der Waals surface area contributed by atoms with Gasteiger partial charge < -0.3 is 4.74 Å². The molecular weight excluding hydrogens is 306 g/mol. The Morgan fingerprint density at radius 3 is 2.54 bits per heavy atom. The van der Waals surface area contributed by atoms with E-state index >= 15 is 0 Å². The summed E-state index contributed by atoms with van der Waals surface area (Å²) in [5.74, 6) is -0.408. The standard InChI is InChI=1S/C18H23N3O3/c1-6-24-18(23)15-10-19-20-16(15)21(11(2)3)17(22)14-8-7-12(4)9-13(14)5/h7-11H,6H2,1-5H3,(H,19,20). The smallest absolute Gasteiger partial charge is 0.343 e. The van der Waals surface area contributed by atoms with Crippen LogP contribution in [-0.4, -0.2) is 34.7 Å². The topological polar surface area (TPSA) is 75.3 Å². The summed E-state index contributed by atoms with van der Waals surface area (Å²) in [5.41, 5.74) is 2.82. The minimum absolute atomic E-state index is 0.172. The number of aromatic nitrogens is 2. The van der Waals surface area contributed by atoms with Crippen molar-refractivity contribution >= 4 is 17.7 Å². The minimum Gasteiger partial charge on any atom is -0.462 e. The lowest BCUT2D eigenvalue weighted by Crippen LogP contribution is -2.38. The molecule has 0 radical (unpaired) electrons. The lowest BCUT2D eigenvalue weighted by molar-refractivity contribution is 0.0527. The second-order valence-electron chi connectivity index (χ2n) is 5.93. The number of nitrogens with zero attached hydrogens (tertiary/aromatic N) is 2. The van der Waals surface area contributed by atoms with Crippen molar-refractivity contribution in [2.75, 3.05) is 11.5 Å². The lowest BCUT2D eigenvalue weighted by Gasteiger charge is -2.26. The van der Waals surface area contributed by atoms with Crippen LogP contribution in [0.3, 0.4) is 0 Å². The van der Waals surface area contributed by atoms with E-state index in [4.69, 9.17) is 4.74 Å². The van der Waals surface area contributed by atoms with E-state index in [9.17, 15) is 9.59 Å². The second-order valence-corrected chi connectivity index (χ2v) is 5.93. The number of aromatic amines is 1. The van der Waals surface area contributed by atoms with Gasteiger partial charge in [0.15, 0.2) is 5.82 Å². The number of carbonyl (C=O) groups excluding carboxylic acids is 2. The highest BCUT2D eigenvalue weighted by atomic mass is 16.5. The Morgan fingerprint density at radius 2 is 1.96 bits per heavy atom. The zero-order chi connectivity index (χ0) is 17.9. The molecule has 0 unspecified atom stereocenters. The Labute approximate surface area is 141 Å². The fourth-order valence-corrected chi connectivity index (χ4v) is 2.58. The Morgan fingerprint density at radius 1 is 1.25 bits per heavy atom. The molecule has 0 bridgehead atoms. The van der Waals surface area contributed by atoms with E-state index in [1.54, 1.807) is 13.0 Å². The second kappa shape index (κ2) is 7.29. The van der Waals surface area contributed by atoms with Crippen LogP contribution in [0.1, 0.15) is 52.6 Å². The average molecular weight is 329 g/mol. The molecule has 1 heterocycles. The van der Waals surface area contributed by atoms with E-state index in [1.165, 1.54) is 11.1 Å². The molecular formula is C18H23N3O3. The molecule has 0 aliphatic heterocycles. The Balaban J connectivity index is 2.46. The molecule has 0 spiro atoms. The van der Waals surface area contributed by atoms with Gasteiger partial charge in [-0.1, -0.05) is 17.7 Å². The van der Waals surface area contributed by atoms with Crippen molar-refractivity contribution in [2.24, 2.45) is 0 Å². The molecule has 0 aliphatic rings. The summed E-state index contributed by atoms with van der Waals surface area (Å²) < 4.78 is 5.04. The van der Waals surface area contributed by atoms with E-state index in [-0.39, 0.29) is 29.9 Å². The quantitative estimate of drug-likeness (QED) is 0.854. The predicted octanol–water partition coefficient (Wildman–Crippen LogP) is 3.26. The molecule has 0 atom stereocenters. The number of rotatable bonds is 5. The fourth-order valence-electron chi connectivity index (χ4n) is 2.58. The third-order valence-corrected chi connectivity index (χ3v) is 3.69. The van der Waals surface area contributed by atoms with Gasteiger partial charge in [-0.2, -0.15) is 5.10 Å². The number of H-pyrrole nitrogens is 1. The number of hydrogen-bond acceptors (Lipinski definition) is 4. The zero-order valence-electron chi connectivity index (χ0n) is 14.7. The van der Waals surface area contributed by atoms with E-state index < -0.39 is 5.97 Å². The van der Waals surface area contributed by atoms with Crippen LogP contribution in [0.4, 0.5) is 5.82 Å². The number of hydrogen-bond donors (Lipinski definition) is 1. The first kappa shape index (κ1) is 17.7. The first-order valence-corrected chi connectivity index (χ1v) is 7.98. The van der Waals surface area contributed by atoms with Gasteiger partial charge in [-0.15, -0.1) is 0 Å². The van der Waals surface area contributed by atoms with E-state index in [0.29, 0.717) is 5.56 Å². The molecule has 1 N–H and O–H groups in total. The maximum Gasteiger partial charge on any atom is 0.343 e. The maximum atomic E-state index is 13.1. The molecule has 6 nitrogen and oxygen atoms in total. The Hall–Kier alpha value is -2.63. The molecule has 2 aromatic rings. The summed E-state index contributed by atoms with van der Waals surface area (Å²) in [5, 5.41) is 6.77. The van der Waals surface area contributed by atoms with Crippen LogP contribution in [0.5, 0.6) is 0 Å². The van der Waals surface area contributed by atoms with Gasteiger partial charge in [-0.05, 0) is 46.2 Å². The van der Waals surface area contributed by atoms with Gasteiger partial charge in [-0.25, -0.2) is 4.79 Å². The fraction of sp³-hybridized carbons (Fsp3) is 0.389. The third kappa shape index (κ3) is 3.48. The summed E-state index contributed by atoms with van der Waals surface area (Å²) >= 11 is 0. The molecule has 0 saturated heterocycles. The van der Waals surface area contributed by atoms with E-state index in [0.717, 1.165) is 11.1 Å². The summed E-state index contributed by atoms with van der Waals surface area (Å²) in [6.45, 7) is 9.63. The molecule has 1 aromatic heterocycles. The van der Waals surface area contributed by atoms with Crippen LogP contribution in [-0.2, 0) is 4.74 Å². The van der Waals surface area contributed by atoms with E-state index in [1.807, 2.05) is 39.8 Å². The molecule has 128 valence electrons. The van der Waals surface area contributed by atoms with Crippen molar-refractivity contribution in [3.8, 4) is 0 Å². The highest BCUT2D eigenvalue weighted by molar-refractivity contribution is 6.09. The summed E-state index contributed by atoms with van der Waals surface area (Å²) in [4.78, 5) is 26.7. The Bertz CT molecular complexity index is 750. The third-order valence-electron chi connectivity index (χ3n) is 3.69. The zero-order valence-corrected chi connectivity index (χ0v) is 14.7. The predicted molar refractivity (Wildman–Crippen MR) is 92.4 cm³/mol. The number of anilines is 1. The highest BCUT2D eigenvalue weighted by Gasteiger charge is 2.29. The molecule has 6 heteroatoms. The van der Waals surface area contributed by atoms with Crippen molar-refractivity contribution in [2.45, 2.75) is 40.7 Å². The Kier molecular flexibility index (Phi) is 5.39. The van der Waals surface area contributed by atoms with E-state index in [2.05, 4.69) is 10.2 Å². The van der Waals surface area contributed by atoms with Crippen LogP contribution in [0, 0.1) is 13.8 Å². The molecule has 0 fully saturated rings. The minimum atomic E-state index is -0.500. The monoisotopic (exact) mass is 329 g/mol.